The number of aliphatic imine (C=N–C) groups is 1. The van der Waals surface area contributed by atoms with E-state index in [2.05, 4.69) is 58.0 Å². The Balaban J connectivity index is 2.46. The van der Waals surface area contributed by atoms with Crippen LogP contribution in [0.5, 0.6) is 0 Å². The molecule has 1 aliphatic heterocycles. The normalized spacial score (nSPS) is 28.8. The molecule has 0 radical (unpaired) electrons. The lowest BCUT2D eigenvalue weighted by atomic mass is 9.80. The van der Waals surface area contributed by atoms with Crippen molar-refractivity contribution in [3.63, 3.8) is 0 Å². The molecule has 144 valence electrons. The lowest BCUT2D eigenvalue weighted by Crippen LogP contribution is -2.33. The number of hydrogen-bond acceptors (Lipinski definition) is 2. The summed E-state index contributed by atoms with van der Waals surface area (Å²) < 4.78 is 0. The van der Waals surface area contributed by atoms with E-state index in [0.29, 0.717) is 11.8 Å². The van der Waals surface area contributed by atoms with E-state index in [9.17, 15) is 0 Å². The third-order valence-electron chi connectivity index (χ3n) is 5.89. The van der Waals surface area contributed by atoms with Gasteiger partial charge in [0.1, 0.15) is 0 Å². The first-order chi connectivity index (χ1) is 12.6. The zero-order valence-corrected chi connectivity index (χ0v) is 17.4. The first-order valence-corrected chi connectivity index (χ1v) is 10.6. The van der Waals surface area contributed by atoms with Crippen molar-refractivity contribution in [3.05, 3.63) is 47.7 Å². The van der Waals surface area contributed by atoms with Crippen molar-refractivity contribution < 1.29 is 0 Å². The highest BCUT2D eigenvalue weighted by molar-refractivity contribution is 5.92. The Kier molecular flexibility index (Phi) is 8.09. The van der Waals surface area contributed by atoms with Crippen LogP contribution in [0.3, 0.4) is 0 Å². The molecular formula is C24H38N2. The lowest BCUT2D eigenvalue weighted by molar-refractivity contribution is 0.323. The molecule has 1 heterocycles. The Labute approximate surface area is 161 Å². The average Bonchev–Trinajstić information content (AvgIpc) is 3.31. The minimum atomic E-state index is 0.0648. The van der Waals surface area contributed by atoms with Gasteiger partial charge in [-0.15, -0.1) is 6.58 Å². The zero-order chi connectivity index (χ0) is 19.0. The quantitative estimate of drug-likeness (QED) is 0.385. The van der Waals surface area contributed by atoms with Gasteiger partial charge in [-0.3, -0.25) is 4.99 Å². The van der Waals surface area contributed by atoms with Crippen LogP contribution in [0.4, 0.5) is 0 Å². The van der Waals surface area contributed by atoms with Gasteiger partial charge in [0.2, 0.25) is 0 Å². The van der Waals surface area contributed by atoms with E-state index in [4.69, 9.17) is 4.99 Å². The maximum absolute atomic E-state index is 4.74. The summed E-state index contributed by atoms with van der Waals surface area (Å²) in [6.07, 6.45) is 18.1. The Hall–Kier alpha value is -1.41. The van der Waals surface area contributed by atoms with Crippen molar-refractivity contribution in [2.24, 2.45) is 22.2 Å². The molecule has 2 atom stereocenters. The highest BCUT2D eigenvalue weighted by Crippen LogP contribution is 2.65. The van der Waals surface area contributed by atoms with E-state index in [1.807, 2.05) is 12.3 Å². The summed E-state index contributed by atoms with van der Waals surface area (Å²) in [6.45, 7) is 15.2. The maximum Gasteiger partial charge on any atom is 0.0586 e. The van der Waals surface area contributed by atoms with Gasteiger partial charge in [-0.05, 0) is 75.1 Å². The van der Waals surface area contributed by atoms with Gasteiger partial charge in [0.25, 0.3) is 0 Å². The zero-order valence-electron chi connectivity index (χ0n) is 17.4. The summed E-state index contributed by atoms with van der Waals surface area (Å²) in [5.74, 6) is 1.07. The number of rotatable bonds is 9. The fourth-order valence-electron chi connectivity index (χ4n) is 4.30. The minimum Gasteiger partial charge on any atom is -0.317 e. The fourth-order valence-corrected chi connectivity index (χ4v) is 4.30. The van der Waals surface area contributed by atoms with Crippen molar-refractivity contribution in [2.75, 3.05) is 13.1 Å². The van der Waals surface area contributed by atoms with Gasteiger partial charge in [0.05, 0.1) is 5.41 Å². The molecule has 1 N–H and O–H groups in total. The number of piperidine rings is 1. The molecule has 0 amide bonds. The van der Waals surface area contributed by atoms with Crippen molar-refractivity contribution in [3.8, 4) is 0 Å². The van der Waals surface area contributed by atoms with Crippen molar-refractivity contribution >= 4 is 6.21 Å². The smallest absolute Gasteiger partial charge is 0.0586 e. The van der Waals surface area contributed by atoms with E-state index < -0.39 is 0 Å². The Bertz CT molecular complexity index is 587. The van der Waals surface area contributed by atoms with Crippen LogP contribution in [-0.4, -0.2) is 19.3 Å². The van der Waals surface area contributed by atoms with Gasteiger partial charge < -0.3 is 5.32 Å². The summed E-state index contributed by atoms with van der Waals surface area (Å²) in [5.41, 5.74) is 4.74. The molecule has 2 fully saturated rings. The SMILES string of the molecule is C=CC(C)/C=C1/C(=C(\C)CCCC)C1(C=N/C=C\CC)C1CCNCC1. The van der Waals surface area contributed by atoms with Crippen molar-refractivity contribution in [1.82, 2.24) is 5.32 Å². The van der Waals surface area contributed by atoms with Crippen LogP contribution in [0.15, 0.2) is 52.7 Å². The first-order valence-electron chi connectivity index (χ1n) is 10.6. The molecule has 1 saturated heterocycles. The molecule has 0 aromatic rings. The molecule has 1 aliphatic carbocycles. The van der Waals surface area contributed by atoms with Gasteiger partial charge in [0.15, 0.2) is 0 Å². The largest absolute Gasteiger partial charge is 0.317 e. The average molecular weight is 355 g/mol. The second kappa shape index (κ2) is 10.1. The third kappa shape index (κ3) is 4.65. The second-order valence-corrected chi connectivity index (χ2v) is 7.90. The molecule has 1 saturated carbocycles. The molecule has 0 spiro atoms. The van der Waals surface area contributed by atoms with Crippen LogP contribution in [0.25, 0.3) is 0 Å². The maximum atomic E-state index is 4.74. The van der Waals surface area contributed by atoms with Crippen LogP contribution in [0.2, 0.25) is 0 Å². The first kappa shape index (κ1) is 20.9. The predicted molar refractivity (Wildman–Crippen MR) is 116 cm³/mol. The van der Waals surface area contributed by atoms with Crippen LogP contribution < -0.4 is 5.32 Å². The van der Waals surface area contributed by atoms with Gasteiger partial charge in [-0.25, -0.2) is 0 Å². The van der Waals surface area contributed by atoms with E-state index in [1.54, 1.807) is 11.1 Å². The minimum absolute atomic E-state index is 0.0648. The summed E-state index contributed by atoms with van der Waals surface area (Å²) in [5, 5.41) is 3.53. The fraction of sp³-hybridized carbons (Fsp3) is 0.625. The van der Waals surface area contributed by atoms with Gasteiger partial charge >= 0.3 is 0 Å². The standard InChI is InChI=1S/C24H38N2/c1-6-9-11-20(5)23-22(17-19(4)8-3)24(23,18-26-14-10-7-2)21-12-15-25-16-13-21/h8,10,14,17-19,21,25H,3,6-7,9,11-13,15-16H2,1-2,4-5H3/b14-10-,22-17-,23-20-,26-18?. The van der Waals surface area contributed by atoms with Crippen molar-refractivity contribution in [2.45, 2.75) is 66.2 Å². The predicted octanol–water partition coefficient (Wildman–Crippen LogP) is 6.24. The molecular weight excluding hydrogens is 316 g/mol. The Morgan fingerprint density at radius 3 is 2.69 bits per heavy atom. The molecule has 0 aromatic carbocycles. The van der Waals surface area contributed by atoms with Gasteiger partial charge in [-0.1, -0.05) is 51.0 Å². The second-order valence-electron chi connectivity index (χ2n) is 7.90. The van der Waals surface area contributed by atoms with E-state index in [-0.39, 0.29) is 5.41 Å². The van der Waals surface area contributed by atoms with Gasteiger partial charge in [-0.2, -0.15) is 0 Å². The molecule has 0 bridgehead atoms. The lowest BCUT2D eigenvalue weighted by Gasteiger charge is -2.28. The summed E-state index contributed by atoms with van der Waals surface area (Å²) >= 11 is 0. The Morgan fingerprint density at radius 1 is 1.35 bits per heavy atom. The molecule has 26 heavy (non-hydrogen) atoms. The van der Waals surface area contributed by atoms with E-state index in [1.165, 1.54) is 37.7 Å². The summed E-state index contributed by atoms with van der Waals surface area (Å²) in [7, 11) is 0. The van der Waals surface area contributed by atoms with Crippen LogP contribution in [0.1, 0.15) is 66.2 Å². The number of hydrogen-bond donors (Lipinski definition) is 1. The number of allylic oxidation sites excluding steroid dienone is 6. The van der Waals surface area contributed by atoms with E-state index in [0.717, 1.165) is 19.5 Å². The Morgan fingerprint density at radius 2 is 2.08 bits per heavy atom. The molecule has 2 rings (SSSR count). The third-order valence-corrected chi connectivity index (χ3v) is 5.89. The highest BCUT2D eigenvalue weighted by atomic mass is 14.9. The molecule has 2 heteroatoms. The molecule has 2 unspecified atom stereocenters. The van der Waals surface area contributed by atoms with Gasteiger partial charge in [0, 0.05) is 12.4 Å². The summed E-state index contributed by atoms with van der Waals surface area (Å²) in [4.78, 5) is 4.74. The topological polar surface area (TPSA) is 24.4 Å². The monoisotopic (exact) mass is 354 g/mol. The molecule has 0 aromatic heterocycles. The number of unbranched alkanes of at least 4 members (excludes halogenated alkanes) is 1. The number of nitrogens with one attached hydrogen (secondary N) is 1. The van der Waals surface area contributed by atoms with E-state index >= 15 is 0 Å². The highest BCUT2D eigenvalue weighted by Gasteiger charge is 2.58. The summed E-state index contributed by atoms with van der Waals surface area (Å²) in [6, 6.07) is 0. The van der Waals surface area contributed by atoms with Crippen LogP contribution in [-0.2, 0) is 0 Å². The molecule has 2 aliphatic rings. The molecule has 2 nitrogen and oxygen atoms in total. The van der Waals surface area contributed by atoms with Crippen LogP contribution >= 0.6 is 0 Å². The number of nitrogens with zero attached hydrogens (tertiary/aromatic N) is 1. The van der Waals surface area contributed by atoms with Crippen molar-refractivity contribution in [1.29, 1.82) is 0 Å². The van der Waals surface area contributed by atoms with Crippen LogP contribution in [0, 0.1) is 17.3 Å².